The predicted octanol–water partition coefficient (Wildman–Crippen LogP) is 1.50. The van der Waals surface area contributed by atoms with Gasteiger partial charge < -0.3 is 29.9 Å². The molecule has 2 aromatic carbocycles. The molecule has 0 unspecified atom stereocenters. The highest BCUT2D eigenvalue weighted by Gasteiger charge is 2.51. The molecule has 1 fully saturated rings. The van der Waals surface area contributed by atoms with Crippen molar-refractivity contribution in [1.29, 1.82) is 0 Å². The standard InChI is InChI=1S/C19H20O7/c1-25-17-8-11(2-5-15(17)21)6-13-10-26-18(23)19(13,24)9-12-3-4-14(20)16(22)7-12/h2-5,7-8,13,20-22,24H,6,9-10H2,1H3/t13-,19-/m0/s1. The van der Waals surface area contributed by atoms with Gasteiger partial charge in [0.25, 0.3) is 0 Å². The van der Waals surface area contributed by atoms with E-state index in [1.165, 1.54) is 31.4 Å². The lowest BCUT2D eigenvalue weighted by Crippen LogP contribution is -2.44. The molecule has 26 heavy (non-hydrogen) atoms. The molecule has 1 aliphatic rings. The lowest BCUT2D eigenvalue weighted by atomic mass is 9.81. The van der Waals surface area contributed by atoms with Gasteiger partial charge in [-0.15, -0.1) is 0 Å². The number of cyclic esters (lactones) is 1. The van der Waals surface area contributed by atoms with Crippen molar-refractivity contribution >= 4 is 5.97 Å². The number of methoxy groups -OCH3 is 1. The zero-order valence-electron chi connectivity index (χ0n) is 14.2. The van der Waals surface area contributed by atoms with E-state index >= 15 is 0 Å². The molecule has 0 saturated carbocycles. The molecule has 2 aromatic rings. The Morgan fingerprint density at radius 3 is 2.46 bits per heavy atom. The first kappa shape index (κ1) is 17.9. The number of aliphatic hydroxyl groups is 1. The van der Waals surface area contributed by atoms with Crippen LogP contribution < -0.4 is 4.74 Å². The molecule has 7 heteroatoms. The Labute approximate surface area is 150 Å². The molecular formula is C19H20O7. The number of aromatic hydroxyl groups is 3. The monoisotopic (exact) mass is 360 g/mol. The summed E-state index contributed by atoms with van der Waals surface area (Å²) >= 11 is 0. The first-order valence-electron chi connectivity index (χ1n) is 8.10. The molecule has 1 saturated heterocycles. The predicted molar refractivity (Wildman–Crippen MR) is 91.2 cm³/mol. The summed E-state index contributed by atoms with van der Waals surface area (Å²) < 4.78 is 10.2. The summed E-state index contributed by atoms with van der Waals surface area (Å²) in [6, 6.07) is 8.95. The molecule has 2 atom stereocenters. The Morgan fingerprint density at radius 1 is 1.08 bits per heavy atom. The van der Waals surface area contributed by atoms with Crippen LogP contribution in [-0.4, -0.2) is 45.7 Å². The van der Waals surface area contributed by atoms with Gasteiger partial charge in [0.1, 0.15) is 0 Å². The third-order valence-corrected chi connectivity index (χ3v) is 4.68. The van der Waals surface area contributed by atoms with E-state index in [9.17, 15) is 25.2 Å². The number of hydrogen-bond donors (Lipinski definition) is 4. The van der Waals surface area contributed by atoms with Crippen molar-refractivity contribution in [3.05, 3.63) is 47.5 Å². The first-order valence-corrected chi connectivity index (χ1v) is 8.10. The van der Waals surface area contributed by atoms with Crippen LogP contribution in [0.3, 0.4) is 0 Å². The smallest absolute Gasteiger partial charge is 0.338 e. The summed E-state index contributed by atoms with van der Waals surface area (Å²) in [5.41, 5.74) is -0.487. The second-order valence-corrected chi connectivity index (χ2v) is 6.43. The zero-order chi connectivity index (χ0) is 18.9. The highest BCUT2D eigenvalue weighted by Crippen LogP contribution is 2.36. The van der Waals surface area contributed by atoms with Crippen LogP contribution in [-0.2, 0) is 22.4 Å². The zero-order valence-corrected chi connectivity index (χ0v) is 14.2. The molecule has 1 aliphatic heterocycles. The van der Waals surface area contributed by atoms with Gasteiger partial charge in [0.2, 0.25) is 0 Å². The molecule has 3 rings (SSSR count). The number of hydrogen-bond acceptors (Lipinski definition) is 7. The lowest BCUT2D eigenvalue weighted by Gasteiger charge is -2.25. The van der Waals surface area contributed by atoms with Gasteiger partial charge in [-0.3, -0.25) is 0 Å². The van der Waals surface area contributed by atoms with E-state index in [2.05, 4.69) is 0 Å². The first-order chi connectivity index (χ1) is 12.3. The van der Waals surface area contributed by atoms with E-state index in [4.69, 9.17) is 9.47 Å². The minimum absolute atomic E-state index is 0.00447. The Balaban J connectivity index is 1.84. The molecule has 0 radical (unpaired) electrons. The van der Waals surface area contributed by atoms with Crippen molar-refractivity contribution in [3.8, 4) is 23.0 Å². The molecule has 4 N–H and O–H groups in total. The third-order valence-electron chi connectivity index (χ3n) is 4.68. The molecule has 0 aromatic heterocycles. The van der Waals surface area contributed by atoms with Crippen molar-refractivity contribution < 1.29 is 34.7 Å². The van der Waals surface area contributed by atoms with Gasteiger partial charge in [-0.1, -0.05) is 12.1 Å². The Kier molecular flexibility index (Phi) is 4.65. The van der Waals surface area contributed by atoms with Crippen LogP contribution in [0.1, 0.15) is 11.1 Å². The van der Waals surface area contributed by atoms with Crippen LogP contribution in [0, 0.1) is 5.92 Å². The van der Waals surface area contributed by atoms with Gasteiger partial charge in [0.05, 0.1) is 13.7 Å². The molecule has 0 aliphatic carbocycles. The highest BCUT2D eigenvalue weighted by molar-refractivity contribution is 5.82. The molecule has 0 amide bonds. The topological polar surface area (TPSA) is 116 Å². The van der Waals surface area contributed by atoms with Crippen molar-refractivity contribution in [2.24, 2.45) is 5.92 Å². The highest BCUT2D eigenvalue weighted by atomic mass is 16.6. The Bertz CT molecular complexity index is 833. The normalized spacial score (nSPS) is 22.2. The van der Waals surface area contributed by atoms with Gasteiger partial charge >= 0.3 is 5.97 Å². The number of phenolic OH excluding ortho intramolecular Hbond substituents is 3. The van der Waals surface area contributed by atoms with E-state index in [1.54, 1.807) is 12.1 Å². The van der Waals surface area contributed by atoms with Crippen LogP contribution in [0.4, 0.5) is 0 Å². The summed E-state index contributed by atoms with van der Waals surface area (Å²) in [6.45, 7) is 0.0581. The summed E-state index contributed by atoms with van der Waals surface area (Å²) in [5, 5.41) is 39.7. The number of ether oxygens (including phenoxy) is 2. The van der Waals surface area contributed by atoms with Crippen LogP contribution in [0.2, 0.25) is 0 Å². The van der Waals surface area contributed by atoms with E-state index < -0.39 is 17.5 Å². The SMILES string of the molecule is COc1cc(C[C@H]2COC(=O)[C@]2(O)Cc2ccc(O)c(O)c2)ccc1O. The summed E-state index contributed by atoms with van der Waals surface area (Å²) in [7, 11) is 1.44. The number of carbonyl (C=O) groups excluding carboxylic acids is 1. The number of rotatable bonds is 5. The maximum atomic E-state index is 12.2. The fourth-order valence-electron chi connectivity index (χ4n) is 3.17. The Morgan fingerprint density at radius 2 is 1.77 bits per heavy atom. The molecule has 1 heterocycles. The van der Waals surface area contributed by atoms with Crippen LogP contribution >= 0.6 is 0 Å². The van der Waals surface area contributed by atoms with Crippen LogP contribution in [0.25, 0.3) is 0 Å². The number of esters is 1. The summed E-state index contributed by atoms with van der Waals surface area (Å²) in [6.07, 6.45) is 0.280. The largest absolute Gasteiger partial charge is 0.504 e. The van der Waals surface area contributed by atoms with Crippen molar-refractivity contribution in [3.63, 3.8) is 0 Å². The van der Waals surface area contributed by atoms with Crippen molar-refractivity contribution in [2.75, 3.05) is 13.7 Å². The quantitative estimate of drug-likeness (QED) is 0.472. The Hall–Kier alpha value is -2.93. The minimum atomic E-state index is -1.76. The summed E-state index contributed by atoms with van der Waals surface area (Å²) in [4.78, 5) is 12.2. The van der Waals surface area contributed by atoms with Gasteiger partial charge in [-0.05, 0) is 41.8 Å². The molecule has 0 spiro atoms. The fraction of sp³-hybridized carbons (Fsp3) is 0.316. The number of benzene rings is 2. The van der Waals surface area contributed by atoms with Gasteiger partial charge in [-0.2, -0.15) is 0 Å². The molecular weight excluding hydrogens is 340 g/mol. The van der Waals surface area contributed by atoms with E-state index in [1.807, 2.05) is 0 Å². The number of phenols is 3. The fourth-order valence-corrected chi connectivity index (χ4v) is 3.17. The van der Waals surface area contributed by atoms with Crippen molar-refractivity contribution in [1.82, 2.24) is 0 Å². The molecule has 0 bridgehead atoms. The lowest BCUT2D eigenvalue weighted by molar-refractivity contribution is -0.154. The average molecular weight is 360 g/mol. The second kappa shape index (κ2) is 6.76. The van der Waals surface area contributed by atoms with E-state index in [-0.39, 0.29) is 30.3 Å². The number of carbonyl (C=O) groups is 1. The van der Waals surface area contributed by atoms with E-state index in [0.717, 1.165) is 5.56 Å². The second-order valence-electron chi connectivity index (χ2n) is 6.43. The van der Waals surface area contributed by atoms with E-state index in [0.29, 0.717) is 17.7 Å². The van der Waals surface area contributed by atoms with Crippen LogP contribution in [0.15, 0.2) is 36.4 Å². The molecule has 138 valence electrons. The average Bonchev–Trinajstić information content (AvgIpc) is 2.88. The van der Waals surface area contributed by atoms with Crippen molar-refractivity contribution in [2.45, 2.75) is 18.4 Å². The van der Waals surface area contributed by atoms with Crippen LogP contribution in [0.5, 0.6) is 23.0 Å². The maximum absolute atomic E-state index is 12.2. The van der Waals surface area contributed by atoms with Gasteiger partial charge in [0, 0.05) is 12.3 Å². The minimum Gasteiger partial charge on any atom is -0.504 e. The van der Waals surface area contributed by atoms with Gasteiger partial charge in [0.15, 0.2) is 28.6 Å². The third kappa shape index (κ3) is 3.25. The maximum Gasteiger partial charge on any atom is 0.338 e. The molecule has 7 nitrogen and oxygen atoms in total. The summed E-state index contributed by atoms with van der Waals surface area (Å²) in [5.74, 6) is -1.52. The van der Waals surface area contributed by atoms with Gasteiger partial charge in [-0.25, -0.2) is 4.79 Å².